The van der Waals surface area contributed by atoms with Gasteiger partial charge in [0.2, 0.25) is 5.91 Å². The van der Waals surface area contributed by atoms with E-state index < -0.39 is 0 Å². The highest BCUT2D eigenvalue weighted by molar-refractivity contribution is 5.80. The summed E-state index contributed by atoms with van der Waals surface area (Å²) in [4.78, 5) is 11.6. The minimum absolute atomic E-state index is 0.00821. The second-order valence-electron chi connectivity index (χ2n) is 5.63. The molecule has 4 nitrogen and oxygen atoms in total. The van der Waals surface area contributed by atoms with Crippen LogP contribution in [0.4, 0.5) is 5.69 Å². The molecular formula is C16H26N2O2. The molecule has 0 saturated heterocycles. The van der Waals surface area contributed by atoms with Crippen LogP contribution in [0, 0.1) is 5.92 Å². The topological polar surface area (TPSA) is 50.4 Å². The Morgan fingerprint density at radius 1 is 1.25 bits per heavy atom. The number of anilines is 1. The fourth-order valence-electron chi connectivity index (χ4n) is 1.66. The van der Waals surface area contributed by atoms with Gasteiger partial charge in [-0.25, -0.2) is 0 Å². The Hall–Kier alpha value is -1.71. The van der Waals surface area contributed by atoms with Gasteiger partial charge in [0.25, 0.3) is 0 Å². The van der Waals surface area contributed by atoms with Crippen molar-refractivity contribution in [2.45, 2.75) is 40.2 Å². The number of benzene rings is 1. The van der Waals surface area contributed by atoms with Gasteiger partial charge < -0.3 is 15.4 Å². The van der Waals surface area contributed by atoms with Crippen LogP contribution < -0.4 is 15.4 Å². The maximum absolute atomic E-state index is 11.6. The summed E-state index contributed by atoms with van der Waals surface area (Å²) >= 11 is 0. The number of carbonyl (C=O) groups excluding carboxylic acids is 1. The minimum atomic E-state index is -0.00821. The van der Waals surface area contributed by atoms with Crippen LogP contribution in [-0.4, -0.2) is 25.1 Å². The van der Waals surface area contributed by atoms with Crippen molar-refractivity contribution < 1.29 is 9.53 Å². The lowest BCUT2D eigenvalue weighted by Gasteiger charge is -2.12. The van der Waals surface area contributed by atoms with Gasteiger partial charge in [0.1, 0.15) is 5.75 Å². The molecule has 4 heteroatoms. The lowest BCUT2D eigenvalue weighted by atomic mass is 10.1. The van der Waals surface area contributed by atoms with Gasteiger partial charge in [-0.1, -0.05) is 19.9 Å². The van der Waals surface area contributed by atoms with Crippen molar-refractivity contribution >= 4 is 11.6 Å². The van der Waals surface area contributed by atoms with Crippen LogP contribution in [0.3, 0.4) is 0 Å². The van der Waals surface area contributed by atoms with Crippen LogP contribution in [0.1, 0.15) is 34.1 Å². The number of nitrogens with one attached hydrogen (secondary N) is 2. The van der Waals surface area contributed by atoms with Crippen LogP contribution in [-0.2, 0) is 4.79 Å². The van der Waals surface area contributed by atoms with Gasteiger partial charge >= 0.3 is 0 Å². The number of hydrogen-bond donors (Lipinski definition) is 2. The zero-order valence-electron chi connectivity index (χ0n) is 12.9. The molecular weight excluding hydrogens is 252 g/mol. The van der Waals surface area contributed by atoms with E-state index in [2.05, 4.69) is 24.5 Å². The lowest BCUT2D eigenvalue weighted by molar-refractivity contribution is -0.119. The first-order chi connectivity index (χ1) is 9.47. The molecule has 0 bridgehead atoms. The average molecular weight is 278 g/mol. The monoisotopic (exact) mass is 278 g/mol. The van der Waals surface area contributed by atoms with Crippen molar-refractivity contribution in [2.75, 3.05) is 18.5 Å². The normalized spacial score (nSPS) is 10.7. The Balaban J connectivity index is 2.41. The van der Waals surface area contributed by atoms with Crippen LogP contribution in [0.2, 0.25) is 0 Å². The van der Waals surface area contributed by atoms with Gasteiger partial charge in [-0.3, -0.25) is 4.79 Å². The van der Waals surface area contributed by atoms with E-state index in [1.54, 1.807) is 0 Å². The van der Waals surface area contributed by atoms with Crippen molar-refractivity contribution in [1.29, 1.82) is 0 Å². The SMILES string of the molecule is CC(C)CCOc1cccc(NCC(=O)NC(C)C)c1. The molecule has 0 atom stereocenters. The van der Waals surface area contributed by atoms with Crippen LogP contribution in [0.25, 0.3) is 0 Å². The molecule has 0 aliphatic carbocycles. The summed E-state index contributed by atoms with van der Waals surface area (Å²) in [6, 6.07) is 7.86. The first-order valence-corrected chi connectivity index (χ1v) is 7.23. The van der Waals surface area contributed by atoms with Crippen LogP contribution in [0.5, 0.6) is 5.75 Å². The second-order valence-corrected chi connectivity index (χ2v) is 5.63. The zero-order valence-corrected chi connectivity index (χ0v) is 12.9. The van der Waals surface area contributed by atoms with E-state index >= 15 is 0 Å². The first-order valence-electron chi connectivity index (χ1n) is 7.23. The van der Waals surface area contributed by atoms with E-state index in [0.717, 1.165) is 24.5 Å². The molecule has 0 aliphatic heterocycles. The summed E-state index contributed by atoms with van der Waals surface area (Å²) in [6.45, 7) is 9.23. The summed E-state index contributed by atoms with van der Waals surface area (Å²) in [5, 5.41) is 5.94. The van der Waals surface area contributed by atoms with E-state index in [1.807, 2.05) is 38.1 Å². The van der Waals surface area contributed by atoms with E-state index in [9.17, 15) is 4.79 Å². The number of hydrogen-bond acceptors (Lipinski definition) is 3. The molecule has 112 valence electrons. The summed E-state index contributed by atoms with van der Waals surface area (Å²) < 4.78 is 5.69. The zero-order chi connectivity index (χ0) is 15.0. The smallest absolute Gasteiger partial charge is 0.239 e. The maximum Gasteiger partial charge on any atom is 0.239 e. The Kier molecular flexibility index (Phi) is 6.91. The van der Waals surface area contributed by atoms with E-state index in [4.69, 9.17) is 4.74 Å². The van der Waals surface area contributed by atoms with Gasteiger partial charge in [0.15, 0.2) is 0 Å². The summed E-state index contributed by atoms with van der Waals surface area (Å²) in [5.74, 6) is 1.46. The van der Waals surface area contributed by atoms with Crippen molar-refractivity contribution in [3.8, 4) is 5.75 Å². The Morgan fingerprint density at radius 3 is 2.65 bits per heavy atom. The Bertz CT molecular complexity index is 417. The average Bonchev–Trinajstić information content (AvgIpc) is 2.36. The van der Waals surface area contributed by atoms with Gasteiger partial charge in [-0.2, -0.15) is 0 Å². The van der Waals surface area contributed by atoms with Gasteiger partial charge in [0, 0.05) is 17.8 Å². The van der Waals surface area contributed by atoms with Crippen molar-refractivity contribution in [1.82, 2.24) is 5.32 Å². The molecule has 0 unspecified atom stereocenters. The van der Waals surface area contributed by atoms with Crippen molar-refractivity contribution in [2.24, 2.45) is 5.92 Å². The fraction of sp³-hybridized carbons (Fsp3) is 0.562. The Labute approximate surface area is 121 Å². The number of amides is 1. The molecule has 0 aliphatic rings. The first kappa shape index (κ1) is 16.3. The third-order valence-electron chi connectivity index (χ3n) is 2.70. The summed E-state index contributed by atoms with van der Waals surface area (Å²) in [6.07, 6.45) is 1.04. The molecule has 0 aromatic heterocycles. The molecule has 0 spiro atoms. The molecule has 0 saturated carbocycles. The maximum atomic E-state index is 11.6. The summed E-state index contributed by atoms with van der Waals surface area (Å²) in [7, 11) is 0. The molecule has 1 aromatic carbocycles. The van der Waals surface area contributed by atoms with Crippen LogP contribution >= 0.6 is 0 Å². The second kappa shape index (κ2) is 8.46. The Morgan fingerprint density at radius 2 is 2.00 bits per heavy atom. The molecule has 1 aromatic rings. The minimum Gasteiger partial charge on any atom is -0.494 e. The molecule has 0 heterocycles. The quantitative estimate of drug-likeness (QED) is 0.768. The highest BCUT2D eigenvalue weighted by atomic mass is 16.5. The van der Waals surface area contributed by atoms with Crippen molar-refractivity contribution in [3.05, 3.63) is 24.3 Å². The lowest BCUT2D eigenvalue weighted by Crippen LogP contribution is -2.34. The molecule has 2 N–H and O–H groups in total. The van der Waals surface area contributed by atoms with Gasteiger partial charge in [-0.15, -0.1) is 0 Å². The number of carbonyl (C=O) groups is 1. The van der Waals surface area contributed by atoms with Crippen molar-refractivity contribution in [3.63, 3.8) is 0 Å². The molecule has 20 heavy (non-hydrogen) atoms. The number of rotatable bonds is 8. The standard InChI is InChI=1S/C16H26N2O2/c1-12(2)8-9-20-15-7-5-6-14(10-15)17-11-16(19)18-13(3)4/h5-7,10,12-13,17H,8-9,11H2,1-4H3,(H,18,19). The fourth-order valence-corrected chi connectivity index (χ4v) is 1.66. The third-order valence-corrected chi connectivity index (χ3v) is 2.70. The van der Waals surface area contributed by atoms with Gasteiger partial charge in [-0.05, 0) is 38.3 Å². The highest BCUT2D eigenvalue weighted by Crippen LogP contribution is 2.17. The highest BCUT2D eigenvalue weighted by Gasteiger charge is 2.03. The largest absolute Gasteiger partial charge is 0.494 e. The van der Waals surface area contributed by atoms with E-state index in [-0.39, 0.29) is 18.5 Å². The van der Waals surface area contributed by atoms with Crippen LogP contribution in [0.15, 0.2) is 24.3 Å². The molecule has 0 fully saturated rings. The molecule has 1 amide bonds. The summed E-state index contributed by atoms with van der Waals surface area (Å²) in [5.41, 5.74) is 0.894. The van der Waals surface area contributed by atoms with E-state index in [0.29, 0.717) is 5.92 Å². The third kappa shape index (κ3) is 7.02. The predicted molar refractivity (Wildman–Crippen MR) is 83.2 cm³/mol. The number of ether oxygens (including phenoxy) is 1. The molecule has 0 radical (unpaired) electrons. The molecule has 1 rings (SSSR count). The van der Waals surface area contributed by atoms with E-state index in [1.165, 1.54) is 0 Å². The van der Waals surface area contributed by atoms with Gasteiger partial charge in [0.05, 0.1) is 13.2 Å². The predicted octanol–water partition coefficient (Wildman–Crippen LogP) is 3.05.